The van der Waals surface area contributed by atoms with E-state index in [0.29, 0.717) is 13.2 Å². The first-order chi connectivity index (χ1) is 13.2. The van der Waals surface area contributed by atoms with Crippen LogP contribution in [0.4, 0.5) is 0 Å². The predicted octanol–water partition coefficient (Wildman–Crippen LogP) is 3.34. The minimum Gasteiger partial charge on any atom is -0.488 e. The summed E-state index contributed by atoms with van der Waals surface area (Å²) in [7, 11) is 1.79. The van der Waals surface area contributed by atoms with E-state index in [2.05, 4.69) is 71.9 Å². The number of aryl methyl sites for hydroxylation is 2. The molecule has 1 atom stereocenters. The van der Waals surface area contributed by atoms with Gasteiger partial charge in [0.25, 0.3) is 0 Å². The lowest BCUT2D eigenvalue weighted by Gasteiger charge is -2.18. The third-order valence-electron chi connectivity index (χ3n) is 4.78. The molecule has 2 aromatic rings. The van der Waals surface area contributed by atoms with Crippen molar-refractivity contribution in [3.05, 3.63) is 64.7 Å². The lowest BCUT2D eigenvalue weighted by molar-refractivity contribution is 0.140. The van der Waals surface area contributed by atoms with Gasteiger partial charge in [0.05, 0.1) is 13.2 Å². The lowest BCUT2D eigenvalue weighted by Crippen LogP contribution is -2.36. The molecule has 1 fully saturated rings. The van der Waals surface area contributed by atoms with Gasteiger partial charge in [-0.1, -0.05) is 36.4 Å². The number of rotatable bonds is 6. The minimum atomic E-state index is 0.143. The van der Waals surface area contributed by atoms with E-state index in [9.17, 15) is 0 Å². The number of hydrogen-bond donors (Lipinski definition) is 2. The van der Waals surface area contributed by atoms with Crippen molar-refractivity contribution in [3.63, 3.8) is 0 Å². The van der Waals surface area contributed by atoms with E-state index < -0.39 is 0 Å². The maximum atomic E-state index is 6.17. The van der Waals surface area contributed by atoms with Crippen molar-refractivity contribution in [1.29, 1.82) is 0 Å². The molecule has 0 spiro atoms. The Kier molecular flexibility index (Phi) is 6.71. The Balaban J connectivity index is 1.60. The van der Waals surface area contributed by atoms with Gasteiger partial charge in [-0.25, -0.2) is 0 Å². The van der Waals surface area contributed by atoms with E-state index in [1.807, 2.05) is 0 Å². The molecule has 144 valence electrons. The van der Waals surface area contributed by atoms with Gasteiger partial charge in [0, 0.05) is 32.1 Å². The molecule has 27 heavy (non-hydrogen) atoms. The summed E-state index contributed by atoms with van der Waals surface area (Å²) in [4.78, 5) is 4.33. The van der Waals surface area contributed by atoms with Gasteiger partial charge < -0.3 is 20.1 Å². The third-order valence-corrected chi connectivity index (χ3v) is 4.78. The van der Waals surface area contributed by atoms with Gasteiger partial charge in [0.1, 0.15) is 11.9 Å². The molecule has 1 unspecified atom stereocenters. The van der Waals surface area contributed by atoms with Crippen molar-refractivity contribution in [2.45, 2.75) is 39.5 Å². The molecule has 0 saturated carbocycles. The van der Waals surface area contributed by atoms with Crippen LogP contribution in [0.5, 0.6) is 5.75 Å². The van der Waals surface area contributed by atoms with Crippen molar-refractivity contribution >= 4 is 5.96 Å². The Bertz CT molecular complexity index is 783. The van der Waals surface area contributed by atoms with Crippen LogP contribution in [0, 0.1) is 13.8 Å². The van der Waals surface area contributed by atoms with Crippen molar-refractivity contribution in [2.24, 2.45) is 4.99 Å². The highest BCUT2D eigenvalue weighted by Crippen LogP contribution is 2.23. The lowest BCUT2D eigenvalue weighted by atomic mass is 10.1. The third kappa shape index (κ3) is 5.47. The Morgan fingerprint density at radius 3 is 2.59 bits per heavy atom. The van der Waals surface area contributed by atoms with E-state index >= 15 is 0 Å². The van der Waals surface area contributed by atoms with Crippen molar-refractivity contribution in [3.8, 4) is 5.75 Å². The fourth-order valence-electron chi connectivity index (χ4n) is 3.09. The molecular weight excluding hydrogens is 338 g/mol. The minimum absolute atomic E-state index is 0.143. The van der Waals surface area contributed by atoms with Gasteiger partial charge in [-0.3, -0.25) is 4.99 Å². The number of guanidine groups is 1. The van der Waals surface area contributed by atoms with Gasteiger partial charge in [-0.2, -0.15) is 0 Å². The van der Waals surface area contributed by atoms with Crippen LogP contribution in [0.3, 0.4) is 0 Å². The average Bonchev–Trinajstić information content (AvgIpc) is 3.17. The van der Waals surface area contributed by atoms with Crippen LogP contribution in [-0.4, -0.2) is 32.3 Å². The van der Waals surface area contributed by atoms with Crippen molar-refractivity contribution < 1.29 is 9.47 Å². The monoisotopic (exact) mass is 367 g/mol. The zero-order valence-corrected chi connectivity index (χ0v) is 16.4. The fraction of sp³-hybridized carbons (Fsp3) is 0.409. The van der Waals surface area contributed by atoms with E-state index in [4.69, 9.17) is 9.47 Å². The molecule has 0 bridgehead atoms. The Hall–Kier alpha value is -2.53. The maximum Gasteiger partial charge on any atom is 0.191 e. The summed E-state index contributed by atoms with van der Waals surface area (Å²) in [5.41, 5.74) is 4.84. The summed E-state index contributed by atoms with van der Waals surface area (Å²) in [6.45, 7) is 7.04. The molecule has 5 nitrogen and oxygen atoms in total. The molecule has 2 N–H and O–H groups in total. The molecule has 1 saturated heterocycles. The molecular formula is C22H29N3O2. The SMILES string of the molecule is CN=C(NCc1ccccc1C)NCc1ccc(C)cc1OC1CCOC1. The first-order valence-electron chi connectivity index (χ1n) is 9.48. The Morgan fingerprint density at radius 1 is 1.11 bits per heavy atom. The summed E-state index contributed by atoms with van der Waals surface area (Å²) >= 11 is 0. The summed E-state index contributed by atoms with van der Waals surface area (Å²) in [5, 5.41) is 6.77. The molecule has 0 aromatic heterocycles. The van der Waals surface area contributed by atoms with E-state index in [0.717, 1.165) is 36.8 Å². The van der Waals surface area contributed by atoms with E-state index in [1.54, 1.807) is 7.05 Å². The topological polar surface area (TPSA) is 54.9 Å². The number of aliphatic imine (C=N–C) groups is 1. The zero-order chi connectivity index (χ0) is 19.1. The second-order valence-electron chi connectivity index (χ2n) is 6.92. The van der Waals surface area contributed by atoms with Crippen LogP contribution in [-0.2, 0) is 17.8 Å². The first-order valence-corrected chi connectivity index (χ1v) is 9.48. The summed E-state index contributed by atoms with van der Waals surface area (Å²) in [6.07, 6.45) is 1.09. The van der Waals surface area contributed by atoms with Gasteiger partial charge >= 0.3 is 0 Å². The van der Waals surface area contributed by atoms with Crippen molar-refractivity contribution in [2.75, 3.05) is 20.3 Å². The summed E-state index contributed by atoms with van der Waals surface area (Å²) in [6, 6.07) is 14.7. The Labute approximate surface area is 161 Å². The number of benzene rings is 2. The van der Waals surface area contributed by atoms with Gasteiger partial charge in [-0.05, 0) is 36.6 Å². The van der Waals surface area contributed by atoms with Crippen LogP contribution in [0.1, 0.15) is 28.7 Å². The number of ether oxygens (including phenoxy) is 2. The van der Waals surface area contributed by atoms with Crippen LogP contribution in [0.15, 0.2) is 47.5 Å². The molecule has 5 heteroatoms. The second-order valence-corrected chi connectivity index (χ2v) is 6.92. The smallest absolute Gasteiger partial charge is 0.191 e. The summed E-state index contributed by atoms with van der Waals surface area (Å²) < 4.78 is 11.6. The highest BCUT2D eigenvalue weighted by molar-refractivity contribution is 5.79. The molecule has 1 aliphatic rings. The molecule has 1 heterocycles. The molecule has 0 amide bonds. The molecule has 1 aliphatic heterocycles. The van der Waals surface area contributed by atoms with Crippen LogP contribution >= 0.6 is 0 Å². The largest absolute Gasteiger partial charge is 0.488 e. The molecule has 0 aliphatic carbocycles. The van der Waals surface area contributed by atoms with E-state index in [-0.39, 0.29) is 6.10 Å². The second kappa shape index (κ2) is 9.42. The predicted molar refractivity (Wildman–Crippen MR) is 109 cm³/mol. The van der Waals surface area contributed by atoms with Crippen LogP contribution < -0.4 is 15.4 Å². The van der Waals surface area contributed by atoms with E-state index in [1.165, 1.54) is 16.7 Å². The fourth-order valence-corrected chi connectivity index (χ4v) is 3.09. The molecule has 3 rings (SSSR count). The summed E-state index contributed by atoms with van der Waals surface area (Å²) in [5.74, 6) is 1.70. The highest BCUT2D eigenvalue weighted by Gasteiger charge is 2.18. The average molecular weight is 367 g/mol. The van der Waals surface area contributed by atoms with Crippen LogP contribution in [0.2, 0.25) is 0 Å². The van der Waals surface area contributed by atoms with Gasteiger partial charge in [0.15, 0.2) is 5.96 Å². The molecule has 0 radical (unpaired) electrons. The Morgan fingerprint density at radius 2 is 1.89 bits per heavy atom. The maximum absolute atomic E-state index is 6.17. The number of nitrogens with zero attached hydrogens (tertiary/aromatic N) is 1. The number of nitrogens with one attached hydrogen (secondary N) is 2. The van der Waals surface area contributed by atoms with Crippen LogP contribution in [0.25, 0.3) is 0 Å². The standard InChI is InChI=1S/C22H29N3O2/c1-16-8-9-19(21(12-16)27-20-10-11-26-15-20)14-25-22(23-3)24-13-18-7-5-4-6-17(18)2/h4-9,12,20H,10-11,13-15H2,1-3H3,(H2,23,24,25). The first kappa shape index (κ1) is 19.2. The zero-order valence-electron chi connectivity index (χ0n) is 16.4. The van der Waals surface area contributed by atoms with Crippen molar-refractivity contribution in [1.82, 2.24) is 10.6 Å². The molecule has 2 aromatic carbocycles. The normalized spacial score (nSPS) is 17.0. The van der Waals surface area contributed by atoms with Gasteiger partial charge in [-0.15, -0.1) is 0 Å². The quantitative estimate of drug-likeness (QED) is 0.607. The number of hydrogen-bond acceptors (Lipinski definition) is 3. The highest BCUT2D eigenvalue weighted by atomic mass is 16.5. The van der Waals surface area contributed by atoms with Gasteiger partial charge in [0.2, 0.25) is 0 Å².